The van der Waals surface area contributed by atoms with Crippen molar-refractivity contribution >= 4 is 22.8 Å². The molecular weight excluding hydrogens is 596 g/mol. The molecular formula is C35H38N8O4. The first-order valence-corrected chi connectivity index (χ1v) is 16.0. The second-order valence-corrected chi connectivity index (χ2v) is 12.8. The molecule has 7 rings (SSSR count). The molecule has 0 aliphatic carbocycles. The fourth-order valence-corrected chi connectivity index (χ4v) is 7.13. The topological polar surface area (TPSA) is 131 Å². The zero-order chi connectivity index (χ0) is 32.7. The van der Waals surface area contributed by atoms with E-state index < -0.39 is 5.60 Å². The number of likely N-dealkylation sites (tertiary alicyclic amines) is 2. The standard InChI is InChI=1S/C35H38N8O4/c1-39-16-10-27-31(39)37-23-43(34(27)46)22-35(47)12-18-41(19-13-35)33(45)26-11-17-42(21-28(26)24-6-4-3-5-7-24)32(44)25-8-14-36-29(20-25)30-9-15-38-40(30)2/h3-10,14-16,20,23,26,28,47H,11-13,17-19,21-22H2,1-2H3/t26-,28+/m1/s1. The summed E-state index contributed by atoms with van der Waals surface area (Å²) in [4.78, 5) is 53.5. The van der Waals surface area contributed by atoms with Crippen molar-refractivity contribution in [3.63, 3.8) is 0 Å². The molecule has 2 saturated heterocycles. The molecule has 1 N–H and O–H groups in total. The van der Waals surface area contributed by atoms with Crippen LogP contribution < -0.4 is 5.56 Å². The van der Waals surface area contributed by atoms with E-state index in [1.807, 2.05) is 60.3 Å². The summed E-state index contributed by atoms with van der Waals surface area (Å²) in [6.07, 6.45) is 7.87. The lowest BCUT2D eigenvalue weighted by Crippen LogP contribution is -2.53. The molecule has 2 aliphatic heterocycles. The summed E-state index contributed by atoms with van der Waals surface area (Å²) in [6.45, 7) is 1.77. The van der Waals surface area contributed by atoms with E-state index in [0.717, 1.165) is 11.3 Å². The fraction of sp³-hybridized carbons (Fsp3) is 0.371. The van der Waals surface area contributed by atoms with Gasteiger partial charge >= 0.3 is 0 Å². The monoisotopic (exact) mass is 634 g/mol. The third-order valence-electron chi connectivity index (χ3n) is 9.86. The molecule has 2 amide bonds. The molecule has 0 bridgehead atoms. The molecule has 12 nitrogen and oxygen atoms in total. The molecule has 2 fully saturated rings. The van der Waals surface area contributed by atoms with Gasteiger partial charge in [-0.25, -0.2) is 4.98 Å². The Labute approximate surface area is 271 Å². The highest BCUT2D eigenvalue weighted by Gasteiger charge is 2.41. The van der Waals surface area contributed by atoms with Gasteiger partial charge in [0.2, 0.25) is 5.91 Å². The van der Waals surface area contributed by atoms with E-state index in [-0.39, 0.29) is 35.8 Å². The van der Waals surface area contributed by atoms with Gasteiger partial charge < -0.3 is 19.5 Å². The molecule has 1 aromatic carbocycles. The van der Waals surface area contributed by atoms with Crippen LogP contribution in [0.5, 0.6) is 0 Å². The van der Waals surface area contributed by atoms with Gasteiger partial charge in [-0.15, -0.1) is 0 Å². The number of aryl methyl sites for hydroxylation is 2. The molecule has 0 radical (unpaired) electrons. The van der Waals surface area contributed by atoms with Crippen molar-refractivity contribution in [3.8, 4) is 11.4 Å². The van der Waals surface area contributed by atoms with Gasteiger partial charge in [0.1, 0.15) is 12.0 Å². The molecule has 0 spiro atoms. The smallest absolute Gasteiger partial charge is 0.262 e. The van der Waals surface area contributed by atoms with E-state index in [1.54, 1.807) is 46.0 Å². The number of nitrogens with zero attached hydrogens (tertiary/aromatic N) is 8. The minimum atomic E-state index is -1.13. The van der Waals surface area contributed by atoms with Crippen molar-refractivity contribution in [1.82, 2.24) is 38.7 Å². The molecule has 242 valence electrons. The number of aliphatic hydroxyl groups is 1. The summed E-state index contributed by atoms with van der Waals surface area (Å²) in [5, 5.41) is 16.2. The highest BCUT2D eigenvalue weighted by Crippen LogP contribution is 2.36. The number of carbonyl (C=O) groups is 2. The second-order valence-electron chi connectivity index (χ2n) is 12.8. The number of pyridine rings is 1. The largest absolute Gasteiger partial charge is 0.388 e. The first-order chi connectivity index (χ1) is 22.7. The van der Waals surface area contributed by atoms with E-state index in [1.165, 1.54) is 10.9 Å². The van der Waals surface area contributed by atoms with Gasteiger partial charge in [0.15, 0.2) is 0 Å². The SMILES string of the molecule is Cn1nccc1-c1cc(C(=O)N2CC[C@@H](C(=O)N3CCC(O)(Cn4cnc5c(ccn5C)c4=O)CC3)[C@H](c3ccccc3)C2)ccn1. The number of piperidine rings is 2. The van der Waals surface area contributed by atoms with Crippen molar-refractivity contribution in [2.24, 2.45) is 20.0 Å². The number of fused-ring (bicyclic) bond motifs is 1. The third kappa shape index (κ3) is 5.85. The Morgan fingerprint density at radius 1 is 0.957 bits per heavy atom. The van der Waals surface area contributed by atoms with Crippen LogP contribution in [0, 0.1) is 5.92 Å². The van der Waals surface area contributed by atoms with Gasteiger partial charge in [-0.05, 0) is 49.1 Å². The van der Waals surface area contributed by atoms with Gasteiger partial charge in [-0.2, -0.15) is 5.10 Å². The zero-order valence-corrected chi connectivity index (χ0v) is 26.6. The number of benzene rings is 1. The van der Waals surface area contributed by atoms with E-state index >= 15 is 0 Å². The molecule has 0 unspecified atom stereocenters. The summed E-state index contributed by atoms with van der Waals surface area (Å²) in [5.74, 6) is -0.533. The molecule has 6 heterocycles. The van der Waals surface area contributed by atoms with Crippen molar-refractivity contribution in [2.75, 3.05) is 26.2 Å². The molecule has 2 aliphatic rings. The maximum atomic E-state index is 14.1. The van der Waals surface area contributed by atoms with Gasteiger partial charge in [-0.1, -0.05) is 30.3 Å². The number of aromatic nitrogens is 6. The van der Waals surface area contributed by atoms with Crippen LogP contribution in [0.2, 0.25) is 0 Å². The van der Waals surface area contributed by atoms with Crippen molar-refractivity contribution in [2.45, 2.75) is 37.3 Å². The van der Waals surface area contributed by atoms with Crippen molar-refractivity contribution in [1.29, 1.82) is 0 Å². The summed E-state index contributed by atoms with van der Waals surface area (Å²) in [5.41, 5.74) is 2.35. The van der Waals surface area contributed by atoms with Crippen LogP contribution in [-0.2, 0) is 25.4 Å². The number of hydrogen-bond donors (Lipinski definition) is 1. The zero-order valence-electron chi connectivity index (χ0n) is 26.6. The Morgan fingerprint density at radius 3 is 2.49 bits per heavy atom. The normalized spacial score (nSPS) is 19.6. The van der Waals surface area contributed by atoms with Gasteiger partial charge in [0.05, 0.1) is 28.9 Å². The lowest BCUT2D eigenvalue weighted by atomic mass is 9.79. The van der Waals surface area contributed by atoms with Gasteiger partial charge in [0, 0.05) is 76.3 Å². The van der Waals surface area contributed by atoms with E-state index in [2.05, 4.69) is 15.1 Å². The van der Waals surface area contributed by atoms with Crippen LogP contribution in [0.15, 0.2) is 84.3 Å². The highest BCUT2D eigenvalue weighted by molar-refractivity contribution is 5.95. The van der Waals surface area contributed by atoms with Gasteiger partial charge in [-0.3, -0.25) is 28.6 Å². The summed E-state index contributed by atoms with van der Waals surface area (Å²) < 4.78 is 4.99. The predicted molar refractivity (Wildman–Crippen MR) is 175 cm³/mol. The lowest BCUT2D eigenvalue weighted by Gasteiger charge is -2.43. The Kier molecular flexibility index (Phi) is 7.96. The first-order valence-electron chi connectivity index (χ1n) is 16.0. The average molecular weight is 635 g/mol. The Morgan fingerprint density at radius 2 is 1.74 bits per heavy atom. The van der Waals surface area contributed by atoms with Crippen LogP contribution >= 0.6 is 0 Å². The minimum absolute atomic E-state index is 0.0416. The van der Waals surface area contributed by atoms with Gasteiger partial charge in [0.25, 0.3) is 11.5 Å². The molecule has 0 saturated carbocycles. The number of hydrogen-bond acceptors (Lipinski definition) is 7. The van der Waals surface area contributed by atoms with Crippen LogP contribution in [0.25, 0.3) is 22.4 Å². The maximum absolute atomic E-state index is 14.1. The minimum Gasteiger partial charge on any atom is -0.388 e. The summed E-state index contributed by atoms with van der Waals surface area (Å²) in [7, 11) is 3.68. The third-order valence-corrected chi connectivity index (χ3v) is 9.86. The molecule has 12 heteroatoms. The van der Waals surface area contributed by atoms with E-state index in [4.69, 9.17) is 0 Å². The highest BCUT2D eigenvalue weighted by atomic mass is 16.3. The van der Waals surface area contributed by atoms with Crippen LogP contribution in [0.3, 0.4) is 0 Å². The van der Waals surface area contributed by atoms with Crippen LogP contribution in [0.1, 0.15) is 41.1 Å². The molecule has 2 atom stereocenters. The second kappa shape index (κ2) is 12.3. The Hall–Kier alpha value is -5.10. The predicted octanol–water partition coefficient (Wildman–Crippen LogP) is 2.83. The van der Waals surface area contributed by atoms with Crippen molar-refractivity contribution < 1.29 is 14.7 Å². The number of rotatable bonds is 6. The van der Waals surface area contributed by atoms with E-state index in [0.29, 0.717) is 67.7 Å². The van der Waals surface area contributed by atoms with E-state index in [9.17, 15) is 19.5 Å². The first kappa shape index (κ1) is 30.5. The molecule has 47 heavy (non-hydrogen) atoms. The Balaban J connectivity index is 1.05. The summed E-state index contributed by atoms with van der Waals surface area (Å²) in [6, 6.07) is 17.1. The molecule has 5 aromatic rings. The fourth-order valence-electron chi connectivity index (χ4n) is 7.13. The molecule has 4 aromatic heterocycles. The maximum Gasteiger partial charge on any atom is 0.262 e. The van der Waals surface area contributed by atoms with Crippen LogP contribution in [0.4, 0.5) is 0 Å². The van der Waals surface area contributed by atoms with Crippen LogP contribution in [-0.4, -0.2) is 87.4 Å². The quantitative estimate of drug-likeness (QED) is 0.304. The summed E-state index contributed by atoms with van der Waals surface area (Å²) >= 11 is 0. The lowest BCUT2D eigenvalue weighted by molar-refractivity contribution is -0.142. The Bertz CT molecular complexity index is 1990. The number of amides is 2. The average Bonchev–Trinajstić information content (AvgIpc) is 3.71. The van der Waals surface area contributed by atoms with Crippen molar-refractivity contribution in [3.05, 3.63) is 101 Å². The number of carbonyl (C=O) groups excluding carboxylic acids is 2.